The number of ether oxygens (including phenoxy) is 1. The quantitative estimate of drug-likeness (QED) is 0.729. The van der Waals surface area contributed by atoms with Crippen LogP contribution in [0.4, 0.5) is 21.9 Å². The largest absolute Gasteiger partial charge is 0.444 e. The molecule has 6 heteroatoms. The highest BCUT2D eigenvalue weighted by Crippen LogP contribution is 2.23. The third kappa shape index (κ3) is 5.79. The van der Waals surface area contributed by atoms with Crippen molar-refractivity contribution in [1.29, 1.82) is 0 Å². The van der Waals surface area contributed by atoms with Crippen molar-refractivity contribution < 1.29 is 9.53 Å². The number of benzene rings is 1. The second kappa shape index (κ2) is 7.68. The molecule has 6 nitrogen and oxygen atoms in total. The van der Waals surface area contributed by atoms with Crippen LogP contribution in [0.15, 0.2) is 42.6 Å². The normalized spacial score (nSPS) is 11.0. The third-order valence-electron chi connectivity index (χ3n) is 3.12. The average Bonchev–Trinajstić information content (AvgIpc) is 2.49. The third-order valence-corrected chi connectivity index (χ3v) is 3.12. The highest BCUT2D eigenvalue weighted by Gasteiger charge is 2.16. The van der Waals surface area contributed by atoms with Crippen molar-refractivity contribution in [2.24, 2.45) is 0 Å². The SMILES string of the molecule is CC(C)(C)OC(=O)Nc1ccc(N)c(NCCc2ccccn2)c1. The first-order chi connectivity index (χ1) is 11.3. The summed E-state index contributed by atoms with van der Waals surface area (Å²) in [5.74, 6) is 0. The number of carbonyl (C=O) groups is 1. The van der Waals surface area contributed by atoms with Gasteiger partial charge < -0.3 is 15.8 Å². The van der Waals surface area contributed by atoms with E-state index in [1.54, 1.807) is 24.4 Å². The van der Waals surface area contributed by atoms with Gasteiger partial charge in [-0.3, -0.25) is 10.3 Å². The molecule has 0 saturated carbocycles. The van der Waals surface area contributed by atoms with Crippen molar-refractivity contribution in [3.63, 3.8) is 0 Å². The van der Waals surface area contributed by atoms with Crippen LogP contribution >= 0.6 is 0 Å². The lowest BCUT2D eigenvalue weighted by atomic mass is 10.2. The van der Waals surface area contributed by atoms with Crippen molar-refractivity contribution >= 4 is 23.2 Å². The Bertz CT molecular complexity index is 681. The molecule has 1 aromatic heterocycles. The Morgan fingerprint density at radius 3 is 2.71 bits per heavy atom. The molecule has 0 unspecified atom stereocenters. The smallest absolute Gasteiger partial charge is 0.412 e. The van der Waals surface area contributed by atoms with Crippen LogP contribution in [0.25, 0.3) is 0 Å². The van der Waals surface area contributed by atoms with E-state index in [-0.39, 0.29) is 0 Å². The zero-order chi connectivity index (χ0) is 17.6. The second-order valence-corrected chi connectivity index (χ2v) is 6.43. The molecule has 1 heterocycles. The maximum absolute atomic E-state index is 11.8. The van der Waals surface area contributed by atoms with E-state index >= 15 is 0 Å². The summed E-state index contributed by atoms with van der Waals surface area (Å²) in [6, 6.07) is 11.1. The van der Waals surface area contributed by atoms with Gasteiger partial charge in [0.2, 0.25) is 0 Å². The van der Waals surface area contributed by atoms with E-state index in [9.17, 15) is 4.79 Å². The molecule has 2 rings (SSSR count). The molecule has 2 aromatic rings. The van der Waals surface area contributed by atoms with Crippen molar-refractivity contribution in [2.45, 2.75) is 32.8 Å². The van der Waals surface area contributed by atoms with Crippen LogP contribution in [0.5, 0.6) is 0 Å². The molecule has 0 spiro atoms. The van der Waals surface area contributed by atoms with Crippen LogP contribution in [0, 0.1) is 0 Å². The van der Waals surface area contributed by atoms with Crippen molar-refractivity contribution in [3.8, 4) is 0 Å². The average molecular weight is 328 g/mol. The number of aromatic nitrogens is 1. The fourth-order valence-electron chi connectivity index (χ4n) is 2.08. The first kappa shape index (κ1) is 17.6. The van der Waals surface area contributed by atoms with Crippen LogP contribution in [0.2, 0.25) is 0 Å². The molecule has 0 aliphatic rings. The molecule has 1 amide bonds. The summed E-state index contributed by atoms with van der Waals surface area (Å²) in [5, 5.41) is 5.97. The maximum atomic E-state index is 11.8. The minimum absolute atomic E-state index is 0.494. The molecule has 1 aromatic carbocycles. The van der Waals surface area contributed by atoms with Crippen LogP contribution in [0.3, 0.4) is 0 Å². The fourth-order valence-corrected chi connectivity index (χ4v) is 2.08. The predicted octanol–water partition coefficient (Wildman–Crippen LogP) is 3.67. The van der Waals surface area contributed by atoms with E-state index in [0.29, 0.717) is 17.9 Å². The Morgan fingerprint density at radius 1 is 1.25 bits per heavy atom. The number of anilines is 3. The topological polar surface area (TPSA) is 89.3 Å². The molecule has 128 valence electrons. The van der Waals surface area contributed by atoms with E-state index in [2.05, 4.69) is 15.6 Å². The van der Waals surface area contributed by atoms with Gasteiger partial charge in [0.25, 0.3) is 0 Å². The number of hydrogen-bond donors (Lipinski definition) is 3. The number of rotatable bonds is 5. The molecule has 0 aliphatic heterocycles. The summed E-state index contributed by atoms with van der Waals surface area (Å²) < 4.78 is 5.24. The lowest BCUT2D eigenvalue weighted by Gasteiger charge is -2.20. The van der Waals surface area contributed by atoms with Gasteiger partial charge in [0, 0.05) is 30.5 Å². The van der Waals surface area contributed by atoms with Gasteiger partial charge in [0.05, 0.1) is 11.4 Å². The summed E-state index contributed by atoms with van der Waals surface area (Å²) in [6.07, 6.45) is 2.06. The molecule has 0 radical (unpaired) electrons. The number of carbonyl (C=O) groups excluding carboxylic acids is 1. The van der Waals surface area contributed by atoms with E-state index in [0.717, 1.165) is 17.8 Å². The number of pyridine rings is 1. The summed E-state index contributed by atoms with van der Waals surface area (Å²) in [4.78, 5) is 16.1. The van der Waals surface area contributed by atoms with E-state index < -0.39 is 11.7 Å². The van der Waals surface area contributed by atoms with Gasteiger partial charge >= 0.3 is 6.09 Å². The molecule has 4 N–H and O–H groups in total. The summed E-state index contributed by atoms with van der Waals surface area (Å²) >= 11 is 0. The van der Waals surface area contributed by atoms with Gasteiger partial charge in [-0.2, -0.15) is 0 Å². The summed E-state index contributed by atoms with van der Waals surface area (Å²) in [5.41, 5.74) is 8.45. The van der Waals surface area contributed by atoms with E-state index in [1.165, 1.54) is 0 Å². The number of nitrogens with zero attached hydrogens (tertiary/aromatic N) is 1. The summed E-state index contributed by atoms with van der Waals surface area (Å²) in [6.45, 7) is 6.15. The van der Waals surface area contributed by atoms with Gasteiger partial charge in [-0.1, -0.05) is 6.07 Å². The molecule has 0 bridgehead atoms. The Balaban J connectivity index is 1.94. The lowest BCUT2D eigenvalue weighted by Crippen LogP contribution is -2.27. The Kier molecular flexibility index (Phi) is 5.63. The van der Waals surface area contributed by atoms with E-state index in [4.69, 9.17) is 10.5 Å². The lowest BCUT2D eigenvalue weighted by molar-refractivity contribution is 0.0636. The first-order valence-corrected chi connectivity index (χ1v) is 7.87. The Hall–Kier alpha value is -2.76. The zero-order valence-electron chi connectivity index (χ0n) is 14.3. The standard InChI is InChI=1S/C18H24N4O2/c1-18(2,3)24-17(23)22-14-7-8-15(19)16(12-14)21-11-9-13-6-4-5-10-20-13/h4-8,10,12,21H,9,11,19H2,1-3H3,(H,22,23). The van der Waals surface area contributed by atoms with E-state index in [1.807, 2.05) is 39.0 Å². The van der Waals surface area contributed by atoms with Gasteiger partial charge in [-0.05, 0) is 51.1 Å². The first-order valence-electron chi connectivity index (χ1n) is 7.87. The van der Waals surface area contributed by atoms with Crippen molar-refractivity contribution in [2.75, 3.05) is 22.9 Å². The molecule has 0 atom stereocenters. The van der Waals surface area contributed by atoms with Crippen LogP contribution in [-0.2, 0) is 11.2 Å². The predicted molar refractivity (Wildman–Crippen MR) is 97.1 cm³/mol. The van der Waals surface area contributed by atoms with Crippen molar-refractivity contribution in [3.05, 3.63) is 48.3 Å². The number of nitrogen functional groups attached to an aromatic ring is 1. The summed E-state index contributed by atoms with van der Waals surface area (Å²) in [7, 11) is 0. The molecular formula is C18H24N4O2. The Morgan fingerprint density at radius 2 is 2.04 bits per heavy atom. The minimum Gasteiger partial charge on any atom is -0.444 e. The molecule has 0 saturated heterocycles. The van der Waals surface area contributed by atoms with Gasteiger partial charge in [-0.25, -0.2) is 4.79 Å². The molecule has 0 fully saturated rings. The van der Waals surface area contributed by atoms with Gasteiger partial charge in [0.15, 0.2) is 0 Å². The van der Waals surface area contributed by atoms with Gasteiger partial charge in [0.1, 0.15) is 5.60 Å². The highest BCUT2D eigenvalue weighted by molar-refractivity contribution is 5.87. The molecule has 0 aliphatic carbocycles. The van der Waals surface area contributed by atoms with Crippen molar-refractivity contribution in [1.82, 2.24) is 4.98 Å². The highest BCUT2D eigenvalue weighted by atomic mass is 16.6. The molecule has 24 heavy (non-hydrogen) atoms. The second-order valence-electron chi connectivity index (χ2n) is 6.43. The maximum Gasteiger partial charge on any atom is 0.412 e. The fraction of sp³-hybridized carbons (Fsp3) is 0.333. The number of nitrogens with two attached hydrogens (primary N) is 1. The molecular weight excluding hydrogens is 304 g/mol. The number of hydrogen-bond acceptors (Lipinski definition) is 5. The van der Waals surface area contributed by atoms with Crippen LogP contribution in [-0.4, -0.2) is 23.2 Å². The number of nitrogens with one attached hydrogen (secondary N) is 2. The Labute approximate surface area is 142 Å². The monoisotopic (exact) mass is 328 g/mol. The minimum atomic E-state index is -0.540. The van der Waals surface area contributed by atoms with Crippen LogP contribution < -0.4 is 16.4 Å². The van der Waals surface area contributed by atoms with Gasteiger partial charge in [-0.15, -0.1) is 0 Å². The number of amides is 1. The zero-order valence-corrected chi connectivity index (χ0v) is 14.3. The van der Waals surface area contributed by atoms with Crippen LogP contribution in [0.1, 0.15) is 26.5 Å².